The van der Waals surface area contributed by atoms with Gasteiger partial charge in [-0.3, -0.25) is 0 Å². The van der Waals surface area contributed by atoms with Crippen molar-refractivity contribution >= 4 is 11.6 Å². The molecular formula is C14H9ClF4O. The number of aliphatic hydroxyl groups is 1. The van der Waals surface area contributed by atoms with Crippen molar-refractivity contribution in [2.75, 3.05) is 0 Å². The second kappa shape index (κ2) is 5.42. The molecule has 106 valence electrons. The molecular weight excluding hydrogens is 296 g/mol. The van der Waals surface area contributed by atoms with E-state index in [4.69, 9.17) is 11.6 Å². The molecule has 0 saturated carbocycles. The van der Waals surface area contributed by atoms with E-state index in [1.54, 1.807) is 0 Å². The Morgan fingerprint density at radius 2 is 1.75 bits per heavy atom. The lowest BCUT2D eigenvalue weighted by molar-refractivity contribution is -0.137. The predicted molar refractivity (Wildman–Crippen MR) is 66.9 cm³/mol. The van der Waals surface area contributed by atoms with Crippen LogP contribution in [0.4, 0.5) is 17.6 Å². The first-order valence-electron chi connectivity index (χ1n) is 5.59. The first-order chi connectivity index (χ1) is 9.29. The molecule has 0 aliphatic rings. The summed E-state index contributed by atoms with van der Waals surface area (Å²) < 4.78 is 51.0. The van der Waals surface area contributed by atoms with Gasteiger partial charge in [0.1, 0.15) is 11.9 Å². The Balaban J connectivity index is 2.43. The Hall–Kier alpha value is -1.59. The van der Waals surface area contributed by atoms with Crippen LogP contribution in [-0.2, 0) is 6.18 Å². The van der Waals surface area contributed by atoms with E-state index in [-0.39, 0.29) is 16.1 Å². The summed E-state index contributed by atoms with van der Waals surface area (Å²) >= 11 is 5.82. The average molecular weight is 305 g/mol. The van der Waals surface area contributed by atoms with E-state index in [1.165, 1.54) is 18.2 Å². The van der Waals surface area contributed by atoms with Gasteiger partial charge in [0.15, 0.2) is 0 Å². The van der Waals surface area contributed by atoms with Crippen molar-refractivity contribution in [1.82, 2.24) is 0 Å². The largest absolute Gasteiger partial charge is 0.416 e. The molecule has 20 heavy (non-hydrogen) atoms. The van der Waals surface area contributed by atoms with Crippen molar-refractivity contribution in [3.05, 3.63) is 70.0 Å². The Kier molecular flexibility index (Phi) is 4.01. The number of hydrogen-bond donors (Lipinski definition) is 1. The van der Waals surface area contributed by atoms with E-state index < -0.39 is 23.7 Å². The quantitative estimate of drug-likeness (QED) is 0.805. The summed E-state index contributed by atoms with van der Waals surface area (Å²) in [6, 6.07) is 7.53. The molecule has 0 heterocycles. The van der Waals surface area contributed by atoms with E-state index in [1.807, 2.05) is 0 Å². The van der Waals surface area contributed by atoms with Crippen LogP contribution < -0.4 is 0 Å². The molecule has 0 bridgehead atoms. The molecule has 6 heteroatoms. The highest BCUT2D eigenvalue weighted by molar-refractivity contribution is 6.31. The smallest absolute Gasteiger partial charge is 0.384 e. The number of alkyl halides is 3. The molecule has 0 aromatic heterocycles. The van der Waals surface area contributed by atoms with Crippen LogP contribution in [0.25, 0.3) is 0 Å². The highest BCUT2D eigenvalue weighted by atomic mass is 35.5. The van der Waals surface area contributed by atoms with Crippen LogP contribution in [0.3, 0.4) is 0 Å². The van der Waals surface area contributed by atoms with E-state index in [9.17, 15) is 22.7 Å². The standard InChI is InChI=1S/C14H9ClF4O/c15-12-5-4-10(16)7-11(12)13(20)8-2-1-3-9(6-8)14(17,18)19/h1-7,13,20H. The second-order valence-corrected chi connectivity index (χ2v) is 4.60. The maximum absolute atomic E-state index is 13.1. The van der Waals surface area contributed by atoms with Crippen molar-refractivity contribution in [3.8, 4) is 0 Å². The van der Waals surface area contributed by atoms with Crippen LogP contribution in [0.1, 0.15) is 22.8 Å². The summed E-state index contributed by atoms with van der Waals surface area (Å²) in [6.45, 7) is 0. The van der Waals surface area contributed by atoms with Crippen LogP contribution >= 0.6 is 11.6 Å². The van der Waals surface area contributed by atoms with Crippen LogP contribution in [0.15, 0.2) is 42.5 Å². The summed E-state index contributed by atoms with van der Waals surface area (Å²) in [5.41, 5.74) is -0.875. The number of aliphatic hydroxyl groups excluding tert-OH is 1. The van der Waals surface area contributed by atoms with E-state index in [0.717, 1.165) is 24.3 Å². The van der Waals surface area contributed by atoms with Gasteiger partial charge in [0.05, 0.1) is 5.56 Å². The van der Waals surface area contributed by atoms with Crippen LogP contribution in [0.2, 0.25) is 5.02 Å². The van der Waals surface area contributed by atoms with Gasteiger partial charge in [-0.25, -0.2) is 4.39 Å². The molecule has 0 spiro atoms. The van der Waals surface area contributed by atoms with Gasteiger partial charge in [-0.2, -0.15) is 13.2 Å². The minimum atomic E-state index is -4.51. The minimum Gasteiger partial charge on any atom is -0.384 e. The first-order valence-corrected chi connectivity index (χ1v) is 5.97. The van der Waals surface area contributed by atoms with Gasteiger partial charge in [-0.05, 0) is 35.9 Å². The zero-order chi connectivity index (χ0) is 14.9. The van der Waals surface area contributed by atoms with E-state index >= 15 is 0 Å². The topological polar surface area (TPSA) is 20.2 Å². The van der Waals surface area contributed by atoms with E-state index in [0.29, 0.717) is 0 Å². The summed E-state index contributed by atoms with van der Waals surface area (Å²) in [6.07, 6.45) is -5.94. The van der Waals surface area contributed by atoms with Crippen molar-refractivity contribution in [3.63, 3.8) is 0 Å². The number of hydrogen-bond acceptors (Lipinski definition) is 1. The summed E-state index contributed by atoms with van der Waals surface area (Å²) in [5.74, 6) is -0.629. The SMILES string of the molecule is OC(c1cccc(C(F)(F)F)c1)c1cc(F)ccc1Cl. The highest BCUT2D eigenvalue weighted by Crippen LogP contribution is 2.33. The number of rotatable bonds is 2. The summed E-state index contributed by atoms with van der Waals surface area (Å²) in [4.78, 5) is 0. The fraction of sp³-hybridized carbons (Fsp3) is 0.143. The number of halogens is 5. The lowest BCUT2D eigenvalue weighted by Gasteiger charge is -2.15. The summed E-state index contributed by atoms with van der Waals surface area (Å²) in [5, 5.41) is 10.1. The molecule has 1 atom stereocenters. The fourth-order valence-electron chi connectivity index (χ4n) is 1.79. The molecule has 0 aliphatic heterocycles. The van der Waals surface area contributed by atoms with Gasteiger partial charge in [0, 0.05) is 10.6 Å². The molecule has 2 rings (SSSR count). The first kappa shape index (κ1) is 14.8. The molecule has 1 N–H and O–H groups in total. The lowest BCUT2D eigenvalue weighted by Crippen LogP contribution is -2.07. The third-order valence-electron chi connectivity index (χ3n) is 2.78. The van der Waals surface area contributed by atoms with Crippen LogP contribution in [0, 0.1) is 5.82 Å². The van der Waals surface area contributed by atoms with Gasteiger partial charge in [-0.15, -0.1) is 0 Å². The van der Waals surface area contributed by atoms with Crippen molar-refractivity contribution < 1.29 is 22.7 Å². The van der Waals surface area contributed by atoms with Gasteiger partial charge >= 0.3 is 6.18 Å². The van der Waals surface area contributed by atoms with Gasteiger partial charge in [0.25, 0.3) is 0 Å². The molecule has 2 aromatic rings. The van der Waals surface area contributed by atoms with E-state index in [2.05, 4.69) is 0 Å². The van der Waals surface area contributed by atoms with Crippen molar-refractivity contribution in [2.45, 2.75) is 12.3 Å². The highest BCUT2D eigenvalue weighted by Gasteiger charge is 2.31. The molecule has 0 aliphatic carbocycles. The maximum atomic E-state index is 13.1. The Bertz CT molecular complexity index is 625. The average Bonchev–Trinajstić information content (AvgIpc) is 2.40. The Labute approximate surface area is 117 Å². The molecule has 1 unspecified atom stereocenters. The maximum Gasteiger partial charge on any atom is 0.416 e. The Morgan fingerprint density at radius 3 is 2.40 bits per heavy atom. The third kappa shape index (κ3) is 3.11. The lowest BCUT2D eigenvalue weighted by atomic mass is 9.99. The molecule has 0 saturated heterocycles. The molecule has 2 aromatic carbocycles. The summed E-state index contributed by atoms with van der Waals surface area (Å²) in [7, 11) is 0. The normalized spacial score (nSPS) is 13.3. The van der Waals surface area contributed by atoms with Crippen LogP contribution in [0.5, 0.6) is 0 Å². The molecule has 0 radical (unpaired) electrons. The second-order valence-electron chi connectivity index (χ2n) is 4.19. The van der Waals surface area contributed by atoms with Gasteiger partial charge in [0.2, 0.25) is 0 Å². The monoisotopic (exact) mass is 304 g/mol. The zero-order valence-corrected chi connectivity index (χ0v) is 10.7. The van der Waals surface area contributed by atoms with Crippen LogP contribution in [-0.4, -0.2) is 5.11 Å². The van der Waals surface area contributed by atoms with Crippen molar-refractivity contribution in [2.24, 2.45) is 0 Å². The van der Waals surface area contributed by atoms with Gasteiger partial charge < -0.3 is 5.11 Å². The third-order valence-corrected chi connectivity index (χ3v) is 3.13. The van der Waals surface area contributed by atoms with Gasteiger partial charge in [-0.1, -0.05) is 23.7 Å². The zero-order valence-electron chi connectivity index (χ0n) is 9.96. The predicted octanol–water partition coefficient (Wildman–Crippen LogP) is 4.58. The minimum absolute atomic E-state index is 0.00711. The fourth-order valence-corrected chi connectivity index (χ4v) is 2.01. The Morgan fingerprint density at radius 1 is 1.05 bits per heavy atom. The molecule has 0 fully saturated rings. The molecule has 0 amide bonds. The molecule has 1 nitrogen and oxygen atoms in total. The van der Waals surface area contributed by atoms with Crippen molar-refractivity contribution in [1.29, 1.82) is 0 Å². The number of benzene rings is 2.